The molecule has 1 aliphatic rings. The molecule has 2 rings (SSSR count). The number of rotatable bonds is 7. The predicted molar refractivity (Wildman–Crippen MR) is 108 cm³/mol. The van der Waals surface area contributed by atoms with Crippen molar-refractivity contribution in [1.29, 1.82) is 0 Å². The van der Waals surface area contributed by atoms with Gasteiger partial charge in [-0.25, -0.2) is 0 Å². The van der Waals surface area contributed by atoms with Crippen LogP contribution in [-0.4, -0.2) is 67.4 Å². The lowest BCUT2D eigenvalue weighted by Gasteiger charge is -2.31. The number of likely N-dealkylation sites (tertiary alicyclic amines) is 1. The summed E-state index contributed by atoms with van der Waals surface area (Å²) in [5.41, 5.74) is 2.82. The highest BCUT2D eigenvalue weighted by Gasteiger charge is 2.27. The van der Waals surface area contributed by atoms with Crippen LogP contribution in [0.2, 0.25) is 0 Å². The van der Waals surface area contributed by atoms with Crippen LogP contribution >= 0.6 is 0 Å². The maximum atomic E-state index is 12.5. The Kier molecular flexibility index (Phi) is 7.99. The number of nitrogens with zero attached hydrogens (tertiary/aromatic N) is 2. The summed E-state index contributed by atoms with van der Waals surface area (Å²) in [5.74, 6) is -0.544. The first-order valence-electron chi connectivity index (χ1n) is 9.80. The zero-order valence-corrected chi connectivity index (χ0v) is 17.3. The van der Waals surface area contributed by atoms with Crippen molar-refractivity contribution in [2.75, 3.05) is 45.2 Å². The van der Waals surface area contributed by atoms with Crippen LogP contribution in [0.1, 0.15) is 30.9 Å². The maximum absolute atomic E-state index is 12.5. The van der Waals surface area contributed by atoms with Gasteiger partial charge in [0.15, 0.2) is 0 Å². The summed E-state index contributed by atoms with van der Waals surface area (Å²) in [5, 5.41) is 2.87. The highest BCUT2D eigenvalue weighted by molar-refractivity contribution is 5.95. The van der Waals surface area contributed by atoms with Crippen molar-refractivity contribution >= 4 is 23.5 Å². The van der Waals surface area contributed by atoms with E-state index in [2.05, 4.69) is 5.32 Å². The quantitative estimate of drug-likeness (QED) is 0.722. The first kappa shape index (κ1) is 21.9. The molecule has 0 unspecified atom stereocenters. The van der Waals surface area contributed by atoms with E-state index < -0.39 is 0 Å². The van der Waals surface area contributed by atoms with Crippen LogP contribution in [0.15, 0.2) is 18.2 Å². The predicted octanol–water partition coefficient (Wildman–Crippen LogP) is 1.98. The Hall–Kier alpha value is -2.41. The van der Waals surface area contributed by atoms with E-state index in [4.69, 9.17) is 4.74 Å². The molecule has 2 amide bonds. The van der Waals surface area contributed by atoms with Gasteiger partial charge >= 0.3 is 5.97 Å². The van der Waals surface area contributed by atoms with E-state index in [1.165, 1.54) is 4.90 Å². The number of hydrogen-bond acceptors (Lipinski definition) is 5. The van der Waals surface area contributed by atoms with Crippen molar-refractivity contribution in [2.24, 2.45) is 5.92 Å². The lowest BCUT2D eigenvalue weighted by atomic mass is 9.97. The fraction of sp³-hybridized carbons (Fsp3) is 0.571. The summed E-state index contributed by atoms with van der Waals surface area (Å²) in [6, 6.07) is 5.87. The molecule has 0 aromatic heterocycles. The Morgan fingerprint density at radius 2 is 1.89 bits per heavy atom. The Morgan fingerprint density at radius 3 is 2.54 bits per heavy atom. The van der Waals surface area contributed by atoms with E-state index >= 15 is 0 Å². The Bertz CT molecular complexity index is 712. The number of carbonyl (C=O) groups is 3. The van der Waals surface area contributed by atoms with Gasteiger partial charge in [-0.2, -0.15) is 0 Å². The van der Waals surface area contributed by atoms with E-state index in [0.29, 0.717) is 32.5 Å². The Labute approximate surface area is 167 Å². The molecular formula is C21H31N3O4. The molecule has 1 aromatic carbocycles. The molecule has 0 atom stereocenters. The summed E-state index contributed by atoms with van der Waals surface area (Å²) in [6.45, 7) is 7.72. The molecule has 7 heteroatoms. The molecule has 154 valence electrons. The van der Waals surface area contributed by atoms with Crippen molar-refractivity contribution in [3.63, 3.8) is 0 Å². The molecule has 0 bridgehead atoms. The van der Waals surface area contributed by atoms with Crippen molar-refractivity contribution in [2.45, 2.75) is 33.6 Å². The van der Waals surface area contributed by atoms with E-state index in [-0.39, 0.29) is 36.8 Å². The van der Waals surface area contributed by atoms with Gasteiger partial charge in [0.25, 0.3) is 0 Å². The molecule has 0 saturated carbocycles. The molecule has 0 aliphatic carbocycles. The smallest absolute Gasteiger partial charge is 0.309 e. The SMILES string of the molecule is CCOC(=O)C1CCN(CC(=O)N(C)CC(=O)Nc2cc(C)ccc2C)CC1. The number of aryl methyl sites for hydroxylation is 2. The van der Waals surface area contributed by atoms with Crippen molar-refractivity contribution in [3.05, 3.63) is 29.3 Å². The summed E-state index contributed by atoms with van der Waals surface area (Å²) >= 11 is 0. The van der Waals surface area contributed by atoms with Crippen LogP contribution in [0.5, 0.6) is 0 Å². The number of anilines is 1. The molecule has 1 saturated heterocycles. The van der Waals surface area contributed by atoms with Crippen LogP contribution < -0.4 is 5.32 Å². The minimum absolute atomic E-state index is 0.00546. The van der Waals surface area contributed by atoms with Gasteiger partial charge < -0.3 is 15.0 Å². The third-order valence-electron chi connectivity index (χ3n) is 5.04. The van der Waals surface area contributed by atoms with Gasteiger partial charge in [-0.3, -0.25) is 19.3 Å². The number of hydrogen-bond donors (Lipinski definition) is 1. The number of esters is 1. The second-order valence-corrected chi connectivity index (χ2v) is 7.42. The van der Waals surface area contributed by atoms with Crippen LogP contribution in [-0.2, 0) is 19.1 Å². The second kappa shape index (κ2) is 10.2. The van der Waals surface area contributed by atoms with Crippen LogP contribution in [0.4, 0.5) is 5.69 Å². The molecule has 0 spiro atoms. The van der Waals surface area contributed by atoms with Crippen LogP contribution in [0.25, 0.3) is 0 Å². The number of benzene rings is 1. The largest absolute Gasteiger partial charge is 0.466 e. The minimum Gasteiger partial charge on any atom is -0.466 e. The third-order valence-corrected chi connectivity index (χ3v) is 5.04. The van der Waals surface area contributed by atoms with Crippen LogP contribution in [0.3, 0.4) is 0 Å². The number of likely N-dealkylation sites (N-methyl/N-ethyl adjacent to an activating group) is 1. The molecule has 1 heterocycles. The van der Waals surface area contributed by atoms with Gasteiger partial charge in [-0.05, 0) is 63.9 Å². The highest BCUT2D eigenvalue weighted by atomic mass is 16.5. The number of carbonyl (C=O) groups excluding carboxylic acids is 3. The number of nitrogens with one attached hydrogen (secondary N) is 1. The van der Waals surface area contributed by atoms with Gasteiger partial charge in [0.05, 0.1) is 25.6 Å². The van der Waals surface area contributed by atoms with Gasteiger partial charge in [0.2, 0.25) is 11.8 Å². The minimum atomic E-state index is -0.217. The lowest BCUT2D eigenvalue weighted by molar-refractivity contribution is -0.149. The van der Waals surface area contributed by atoms with Crippen LogP contribution in [0, 0.1) is 19.8 Å². The molecular weight excluding hydrogens is 358 g/mol. The standard InChI is InChI=1S/C21H31N3O4/c1-5-28-21(27)17-8-10-24(11-9-17)14-20(26)23(4)13-19(25)22-18-12-15(2)6-7-16(18)3/h6-7,12,17H,5,8-11,13-14H2,1-4H3,(H,22,25). The number of amides is 2. The van der Waals surface area contributed by atoms with Gasteiger partial charge in [-0.1, -0.05) is 12.1 Å². The molecule has 1 N–H and O–H groups in total. The van der Waals surface area contributed by atoms with Crippen molar-refractivity contribution in [3.8, 4) is 0 Å². The van der Waals surface area contributed by atoms with E-state index in [1.807, 2.05) is 36.9 Å². The molecule has 28 heavy (non-hydrogen) atoms. The van der Waals surface area contributed by atoms with Crippen molar-refractivity contribution in [1.82, 2.24) is 9.80 Å². The Balaban J connectivity index is 1.77. The third kappa shape index (κ3) is 6.34. The average Bonchev–Trinajstić information content (AvgIpc) is 2.65. The Morgan fingerprint density at radius 1 is 1.21 bits per heavy atom. The summed E-state index contributed by atoms with van der Waals surface area (Å²) in [7, 11) is 1.64. The van der Waals surface area contributed by atoms with Crippen molar-refractivity contribution < 1.29 is 19.1 Å². The molecule has 1 aliphatic heterocycles. The molecule has 7 nitrogen and oxygen atoms in total. The summed E-state index contributed by atoms with van der Waals surface area (Å²) in [6.07, 6.45) is 1.39. The van der Waals surface area contributed by atoms with Gasteiger partial charge in [-0.15, -0.1) is 0 Å². The van der Waals surface area contributed by atoms with Gasteiger partial charge in [0.1, 0.15) is 0 Å². The fourth-order valence-electron chi connectivity index (χ4n) is 3.26. The number of ether oxygens (including phenoxy) is 1. The average molecular weight is 389 g/mol. The normalized spacial score (nSPS) is 15.1. The molecule has 1 aromatic rings. The first-order valence-corrected chi connectivity index (χ1v) is 9.80. The number of piperidine rings is 1. The fourth-order valence-corrected chi connectivity index (χ4v) is 3.26. The van der Waals surface area contributed by atoms with E-state index in [1.54, 1.807) is 14.0 Å². The molecule has 0 radical (unpaired) electrons. The first-order chi connectivity index (χ1) is 13.3. The van der Waals surface area contributed by atoms with E-state index in [0.717, 1.165) is 16.8 Å². The second-order valence-electron chi connectivity index (χ2n) is 7.42. The zero-order valence-electron chi connectivity index (χ0n) is 17.3. The van der Waals surface area contributed by atoms with Gasteiger partial charge in [0, 0.05) is 12.7 Å². The topological polar surface area (TPSA) is 79.0 Å². The monoisotopic (exact) mass is 389 g/mol. The summed E-state index contributed by atoms with van der Waals surface area (Å²) < 4.78 is 5.07. The summed E-state index contributed by atoms with van der Waals surface area (Å²) in [4.78, 5) is 40.0. The lowest BCUT2D eigenvalue weighted by Crippen LogP contribution is -2.45. The zero-order chi connectivity index (χ0) is 20.7. The maximum Gasteiger partial charge on any atom is 0.309 e. The highest BCUT2D eigenvalue weighted by Crippen LogP contribution is 2.19. The van der Waals surface area contributed by atoms with E-state index in [9.17, 15) is 14.4 Å². The molecule has 1 fully saturated rings.